The van der Waals surface area contributed by atoms with Crippen molar-refractivity contribution in [2.75, 3.05) is 37.6 Å². The van der Waals surface area contributed by atoms with Crippen LogP contribution in [0.15, 0.2) is 30.5 Å². The largest absolute Gasteiger partial charge is 0.489 e. The van der Waals surface area contributed by atoms with Gasteiger partial charge < -0.3 is 25.6 Å². The maximum absolute atomic E-state index is 13.3. The van der Waals surface area contributed by atoms with Crippen LogP contribution in [0.5, 0.6) is 5.75 Å². The summed E-state index contributed by atoms with van der Waals surface area (Å²) in [5.41, 5.74) is 3.46. The van der Waals surface area contributed by atoms with Crippen molar-refractivity contribution in [1.29, 1.82) is 0 Å². The van der Waals surface area contributed by atoms with Crippen LogP contribution in [0, 0.1) is 17.8 Å². The number of pyridine rings is 1. The molecule has 4 unspecified atom stereocenters. The highest BCUT2D eigenvalue weighted by Gasteiger charge is 2.33. The van der Waals surface area contributed by atoms with Gasteiger partial charge in [-0.1, -0.05) is 20.8 Å². The Bertz CT molecular complexity index is 1140. The van der Waals surface area contributed by atoms with E-state index in [-0.39, 0.29) is 35.8 Å². The Morgan fingerprint density at radius 3 is 2.68 bits per heavy atom. The highest BCUT2D eigenvalue weighted by Crippen LogP contribution is 2.41. The number of rotatable bonds is 6. The molecule has 4 heterocycles. The highest BCUT2D eigenvalue weighted by molar-refractivity contribution is 5.97. The summed E-state index contributed by atoms with van der Waals surface area (Å²) < 4.78 is 6.40. The molecule has 2 aromatic rings. The Hall–Kier alpha value is -3.13. The zero-order valence-corrected chi connectivity index (χ0v) is 22.3. The zero-order valence-electron chi connectivity index (χ0n) is 22.3. The molecule has 3 aliphatic heterocycles. The van der Waals surface area contributed by atoms with Gasteiger partial charge in [-0.25, -0.2) is 4.98 Å². The molecule has 0 saturated carbocycles. The van der Waals surface area contributed by atoms with E-state index < -0.39 is 0 Å². The number of ether oxygens (including phenoxy) is 1. The summed E-state index contributed by atoms with van der Waals surface area (Å²) in [6.07, 6.45) is 3.65. The number of benzene rings is 1. The van der Waals surface area contributed by atoms with Crippen LogP contribution >= 0.6 is 0 Å². The van der Waals surface area contributed by atoms with Crippen LogP contribution < -0.4 is 25.6 Å². The minimum absolute atomic E-state index is 0.0185. The number of nitrogens with zero attached hydrogens (tertiary/aromatic N) is 2. The van der Waals surface area contributed by atoms with Gasteiger partial charge in [0.2, 0.25) is 5.91 Å². The maximum atomic E-state index is 13.3. The Labute approximate surface area is 219 Å². The number of piperidine rings is 1. The maximum Gasteiger partial charge on any atom is 0.251 e. The molecule has 3 N–H and O–H groups in total. The van der Waals surface area contributed by atoms with Crippen molar-refractivity contribution in [1.82, 2.24) is 20.9 Å². The summed E-state index contributed by atoms with van der Waals surface area (Å²) in [5.74, 6) is 2.03. The van der Waals surface area contributed by atoms with E-state index in [2.05, 4.69) is 53.8 Å². The van der Waals surface area contributed by atoms with Gasteiger partial charge in [0.05, 0.1) is 5.92 Å². The van der Waals surface area contributed by atoms with Gasteiger partial charge in [0.15, 0.2) is 0 Å². The first-order valence-corrected chi connectivity index (χ1v) is 13.6. The smallest absolute Gasteiger partial charge is 0.251 e. The molecular formula is C29H39N5O3. The summed E-state index contributed by atoms with van der Waals surface area (Å²) in [6, 6.07) is 8.16. The van der Waals surface area contributed by atoms with Gasteiger partial charge in [0.1, 0.15) is 17.7 Å². The lowest BCUT2D eigenvalue weighted by atomic mass is 9.84. The minimum Gasteiger partial charge on any atom is -0.489 e. The molecule has 8 nitrogen and oxygen atoms in total. The third-order valence-electron chi connectivity index (χ3n) is 7.98. The lowest BCUT2D eigenvalue weighted by Crippen LogP contribution is -2.50. The second kappa shape index (κ2) is 10.7. The predicted molar refractivity (Wildman–Crippen MR) is 145 cm³/mol. The van der Waals surface area contributed by atoms with Crippen LogP contribution in [-0.2, 0) is 11.2 Å². The molecule has 2 fully saturated rings. The number of carbonyl (C=O) groups is 2. The van der Waals surface area contributed by atoms with Crippen molar-refractivity contribution in [2.24, 2.45) is 17.8 Å². The van der Waals surface area contributed by atoms with Gasteiger partial charge in [-0.2, -0.15) is 0 Å². The zero-order chi connectivity index (χ0) is 26.1. The van der Waals surface area contributed by atoms with E-state index in [1.807, 2.05) is 25.3 Å². The molecule has 0 radical (unpaired) electrons. The first-order chi connectivity index (χ1) is 17.8. The monoisotopic (exact) mass is 505 g/mol. The van der Waals surface area contributed by atoms with Crippen molar-refractivity contribution >= 4 is 17.6 Å². The number of aromatic nitrogens is 1. The standard InChI is InChI=1S/C29H39N5O3/c1-17(2)25-14-21-12-22(28(35)32-16-24-18(3)11-19(4)33-29(24)36)13-23(27(21)37-25)20-5-6-26(31-15-20)34-9-7-30-8-10-34/h5-6,12-13,15,17-19,24-25,30H,7-11,14,16H2,1-4H3,(H,32,35)(H,33,36). The number of amides is 2. The van der Waals surface area contributed by atoms with E-state index in [9.17, 15) is 9.59 Å². The summed E-state index contributed by atoms with van der Waals surface area (Å²) >= 11 is 0. The molecule has 3 aliphatic rings. The molecule has 1 aromatic carbocycles. The molecule has 1 aromatic heterocycles. The van der Waals surface area contributed by atoms with Crippen molar-refractivity contribution < 1.29 is 14.3 Å². The van der Waals surface area contributed by atoms with Crippen molar-refractivity contribution in [3.63, 3.8) is 0 Å². The number of nitrogens with one attached hydrogen (secondary N) is 3. The van der Waals surface area contributed by atoms with Gasteiger partial charge in [0, 0.05) is 68.1 Å². The lowest BCUT2D eigenvalue weighted by molar-refractivity contribution is -0.129. The van der Waals surface area contributed by atoms with Gasteiger partial charge >= 0.3 is 0 Å². The molecule has 5 rings (SSSR count). The Kier molecular flexibility index (Phi) is 7.38. The van der Waals surface area contributed by atoms with E-state index in [1.54, 1.807) is 0 Å². The predicted octanol–water partition coefficient (Wildman–Crippen LogP) is 3.01. The summed E-state index contributed by atoms with van der Waals surface area (Å²) in [5, 5.41) is 9.41. The van der Waals surface area contributed by atoms with E-state index in [0.717, 1.165) is 67.3 Å². The molecular weight excluding hydrogens is 466 g/mol. The topological polar surface area (TPSA) is 95.6 Å². The third-order valence-corrected chi connectivity index (χ3v) is 7.98. The average molecular weight is 506 g/mol. The molecule has 2 saturated heterocycles. The number of carbonyl (C=O) groups excluding carboxylic acids is 2. The van der Waals surface area contributed by atoms with Gasteiger partial charge in [-0.15, -0.1) is 0 Å². The van der Waals surface area contributed by atoms with Crippen LogP contribution in [-0.4, -0.2) is 61.7 Å². The number of anilines is 1. The normalized spacial score (nSPS) is 25.4. The van der Waals surface area contributed by atoms with Crippen molar-refractivity contribution in [2.45, 2.75) is 52.7 Å². The Balaban J connectivity index is 1.39. The van der Waals surface area contributed by atoms with Crippen LogP contribution in [0.2, 0.25) is 0 Å². The van der Waals surface area contributed by atoms with E-state index in [4.69, 9.17) is 9.72 Å². The fourth-order valence-corrected chi connectivity index (χ4v) is 5.72. The van der Waals surface area contributed by atoms with Crippen molar-refractivity contribution in [3.8, 4) is 16.9 Å². The molecule has 0 bridgehead atoms. The van der Waals surface area contributed by atoms with Crippen LogP contribution in [0.1, 0.15) is 50.0 Å². The van der Waals surface area contributed by atoms with Crippen molar-refractivity contribution in [3.05, 3.63) is 41.6 Å². The lowest BCUT2D eigenvalue weighted by Gasteiger charge is -2.32. The Morgan fingerprint density at radius 2 is 2.00 bits per heavy atom. The molecule has 198 valence electrons. The third kappa shape index (κ3) is 5.44. The number of hydrogen-bond donors (Lipinski definition) is 3. The van der Waals surface area contributed by atoms with E-state index in [0.29, 0.717) is 18.0 Å². The summed E-state index contributed by atoms with van der Waals surface area (Å²) in [7, 11) is 0. The van der Waals surface area contributed by atoms with Crippen LogP contribution in [0.25, 0.3) is 11.1 Å². The first kappa shape index (κ1) is 25.5. The van der Waals surface area contributed by atoms with E-state index >= 15 is 0 Å². The molecule has 2 amide bonds. The number of hydrogen-bond acceptors (Lipinski definition) is 6. The van der Waals surface area contributed by atoms with E-state index in [1.165, 1.54) is 0 Å². The van der Waals surface area contributed by atoms with Crippen LogP contribution in [0.4, 0.5) is 5.82 Å². The second-order valence-corrected chi connectivity index (χ2v) is 11.2. The molecule has 4 atom stereocenters. The van der Waals surface area contributed by atoms with Gasteiger partial charge in [-0.3, -0.25) is 9.59 Å². The minimum atomic E-state index is -0.218. The summed E-state index contributed by atoms with van der Waals surface area (Å²) in [6.45, 7) is 12.5. The highest BCUT2D eigenvalue weighted by atomic mass is 16.5. The summed E-state index contributed by atoms with van der Waals surface area (Å²) in [4.78, 5) is 32.8. The fourth-order valence-electron chi connectivity index (χ4n) is 5.72. The molecule has 0 spiro atoms. The second-order valence-electron chi connectivity index (χ2n) is 11.2. The Morgan fingerprint density at radius 1 is 1.22 bits per heavy atom. The quantitative estimate of drug-likeness (QED) is 0.559. The number of piperazine rings is 1. The average Bonchev–Trinajstić information content (AvgIpc) is 3.33. The first-order valence-electron chi connectivity index (χ1n) is 13.6. The molecule has 8 heteroatoms. The molecule has 0 aliphatic carbocycles. The number of fused-ring (bicyclic) bond motifs is 1. The molecule has 37 heavy (non-hydrogen) atoms. The van der Waals surface area contributed by atoms with Crippen LogP contribution in [0.3, 0.4) is 0 Å². The van der Waals surface area contributed by atoms with Gasteiger partial charge in [0.25, 0.3) is 5.91 Å². The SMILES string of the molecule is CC1CC(C)C(CNC(=O)c2cc3c(c(-c4ccc(N5CCNCC5)nc4)c2)OC(C(C)C)C3)C(=O)N1. The van der Waals surface area contributed by atoms with Gasteiger partial charge in [-0.05, 0) is 55.0 Å². The fraction of sp³-hybridized carbons (Fsp3) is 0.552.